The second-order valence-corrected chi connectivity index (χ2v) is 4.31. The third-order valence-electron chi connectivity index (χ3n) is 2.54. The van der Waals surface area contributed by atoms with Gasteiger partial charge < -0.3 is 10.4 Å². The zero-order valence-corrected chi connectivity index (χ0v) is 9.31. The van der Waals surface area contributed by atoms with E-state index in [1.54, 1.807) is 0 Å². The van der Waals surface area contributed by atoms with Gasteiger partial charge >= 0.3 is 6.18 Å². The summed E-state index contributed by atoms with van der Waals surface area (Å²) in [5, 5.41) is 11.3. The molecule has 8 heteroatoms. The van der Waals surface area contributed by atoms with Crippen LogP contribution in [0.4, 0.5) is 19.0 Å². The van der Waals surface area contributed by atoms with Crippen molar-refractivity contribution in [1.29, 1.82) is 0 Å². The third kappa shape index (κ3) is 2.78. The molecule has 2 N–H and O–H groups in total. The summed E-state index contributed by atoms with van der Waals surface area (Å²) in [4.78, 5) is 6.76. The van der Waals surface area contributed by atoms with E-state index in [4.69, 9.17) is 16.7 Å². The van der Waals surface area contributed by atoms with Crippen LogP contribution in [0.2, 0.25) is 5.28 Å². The number of rotatable bonds is 3. The van der Waals surface area contributed by atoms with Crippen LogP contribution in [0.25, 0.3) is 0 Å². The van der Waals surface area contributed by atoms with Crippen LogP contribution < -0.4 is 5.32 Å². The molecule has 0 bridgehead atoms. The smallest absolute Gasteiger partial charge is 0.394 e. The fraction of sp³-hybridized carbons (Fsp3) is 0.556. The van der Waals surface area contributed by atoms with E-state index >= 15 is 0 Å². The van der Waals surface area contributed by atoms with Gasteiger partial charge in [0.15, 0.2) is 5.69 Å². The zero-order chi connectivity index (χ0) is 12.7. The number of hydrogen-bond donors (Lipinski definition) is 2. The van der Waals surface area contributed by atoms with Gasteiger partial charge in [-0.2, -0.15) is 13.2 Å². The molecule has 4 nitrogen and oxygen atoms in total. The maximum Gasteiger partial charge on any atom is 0.433 e. The molecule has 0 atom stereocenters. The molecular weight excluding hydrogens is 259 g/mol. The Morgan fingerprint density at radius 3 is 2.53 bits per heavy atom. The molecule has 1 heterocycles. The van der Waals surface area contributed by atoms with Crippen LogP contribution in [-0.2, 0) is 6.18 Å². The van der Waals surface area contributed by atoms with Crippen LogP contribution in [-0.4, -0.2) is 27.2 Å². The van der Waals surface area contributed by atoms with Gasteiger partial charge in [0.05, 0.1) is 12.1 Å². The topological polar surface area (TPSA) is 58.0 Å². The van der Waals surface area contributed by atoms with E-state index in [-0.39, 0.29) is 12.4 Å². The van der Waals surface area contributed by atoms with Crippen molar-refractivity contribution in [2.75, 3.05) is 11.9 Å². The largest absolute Gasteiger partial charge is 0.433 e. The van der Waals surface area contributed by atoms with Gasteiger partial charge in [0.2, 0.25) is 5.28 Å². The molecule has 0 spiro atoms. The van der Waals surface area contributed by atoms with Crippen molar-refractivity contribution in [3.8, 4) is 0 Å². The van der Waals surface area contributed by atoms with Gasteiger partial charge in [0.25, 0.3) is 0 Å². The highest BCUT2D eigenvalue weighted by Crippen LogP contribution is 2.39. The predicted octanol–water partition coefficient (Wildman–Crippen LogP) is 2.09. The van der Waals surface area contributed by atoms with Crippen molar-refractivity contribution < 1.29 is 18.3 Å². The first kappa shape index (κ1) is 12.4. The molecular formula is C9H9ClF3N3O. The Bertz CT molecular complexity index is 434. The van der Waals surface area contributed by atoms with Gasteiger partial charge in [0, 0.05) is 6.07 Å². The highest BCUT2D eigenvalue weighted by atomic mass is 35.5. The van der Waals surface area contributed by atoms with Crippen LogP contribution >= 0.6 is 11.6 Å². The normalized spacial score (nSPS) is 17.9. The highest BCUT2D eigenvalue weighted by Gasteiger charge is 2.43. The lowest BCUT2D eigenvalue weighted by Gasteiger charge is -2.16. The van der Waals surface area contributed by atoms with Crippen molar-refractivity contribution in [2.24, 2.45) is 0 Å². The van der Waals surface area contributed by atoms with Gasteiger partial charge in [-0.05, 0) is 24.4 Å². The van der Waals surface area contributed by atoms with Gasteiger partial charge in [0.1, 0.15) is 5.82 Å². The average molecular weight is 268 g/mol. The van der Waals surface area contributed by atoms with Crippen LogP contribution in [0, 0.1) is 0 Å². The van der Waals surface area contributed by atoms with Gasteiger partial charge in [-0.1, -0.05) is 0 Å². The maximum atomic E-state index is 12.5. The van der Waals surface area contributed by atoms with E-state index in [9.17, 15) is 13.2 Å². The Morgan fingerprint density at radius 1 is 1.41 bits per heavy atom. The number of nitrogens with zero attached hydrogens (tertiary/aromatic N) is 2. The standard InChI is InChI=1S/C9H9ClF3N3O/c10-7-14-5(9(11,12)13)3-6(15-7)16-8(4-17)1-2-8/h3,17H,1-2,4H2,(H,14,15,16). The highest BCUT2D eigenvalue weighted by molar-refractivity contribution is 6.28. The minimum atomic E-state index is -4.57. The first-order valence-electron chi connectivity index (χ1n) is 4.85. The minimum Gasteiger partial charge on any atom is -0.394 e. The first-order chi connectivity index (χ1) is 7.85. The van der Waals surface area contributed by atoms with Gasteiger partial charge in [-0.3, -0.25) is 0 Å². The average Bonchev–Trinajstić information content (AvgIpc) is 2.96. The molecule has 17 heavy (non-hydrogen) atoms. The second-order valence-electron chi connectivity index (χ2n) is 3.97. The predicted molar refractivity (Wildman–Crippen MR) is 54.7 cm³/mol. The molecule has 1 saturated carbocycles. The molecule has 1 aliphatic carbocycles. The number of anilines is 1. The Morgan fingerprint density at radius 2 is 2.06 bits per heavy atom. The summed E-state index contributed by atoms with van der Waals surface area (Å²) < 4.78 is 37.4. The minimum absolute atomic E-state index is 0.0242. The van der Waals surface area contributed by atoms with Crippen molar-refractivity contribution in [1.82, 2.24) is 9.97 Å². The number of aliphatic hydroxyl groups is 1. The molecule has 0 unspecified atom stereocenters. The molecule has 0 amide bonds. The number of alkyl halides is 3. The Kier molecular flexibility index (Phi) is 2.90. The summed E-state index contributed by atoms with van der Waals surface area (Å²) in [5.41, 5.74) is -1.66. The quantitative estimate of drug-likeness (QED) is 0.824. The molecule has 0 radical (unpaired) electrons. The molecule has 94 valence electrons. The van der Waals surface area contributed by atoms with E-state index < -0.39 is 22.7 Å². The summed E-state index contributed by atoms with van der Waals surface area (Å²) in [6.07, 6.45) is -3.20. The van der Waals surface area contributed by atoms with Crippen molar-refractivity contribution >= 4 is 17.4 Å². The lowest BCUT2D eigenvalue weighted by atomic mass is 10.3. The van der Waals surface area contributed by atoms with E-state index in [0.717, 1.165) is 6.07 Å². The summed E-state index contributed by atoms with van der Waals surface area (Å²) in [5.74, 6) is -0.0242. The van der Waals surface area contributed by atoms with Crippen molar-refractivity contribution in [2.45, 2.75) is 24.6 Å². The number of aromatic nitrogens is 2. The molecule has 0 aromatic carbocycles. The van der Waals surface area contributed by atoms with Crippen LogP contribution in [0.1, 0.15) is 18.5 Å². The van der Waals surface area contributed by atoms with E-state index in [1.165, 1.54) is 0 Å². The third-order valence-corrected chi connectivity index (χ3v) is 2.71. The van der Waals surface area contributed by atoms with E-state index in [0.29, 0.717) is 12.8 Å². The molecule has 1 fully saturated rings. The molecule has 1 aliphatic rings. The van der Waals surface area contributed by atoms with Crippen LogP contribution in [0.3, 0.4) is 0 Å². The SMILES string of the molecule is OCC1(Nc2cc(C(F)(F)F)nc(Cl)n2)CC1. The van der Waals surface area contributed by atoms with Crippen LogP contribution in [0.15, 0.2) is 6.07 Å². The summed E-state index contributed by atoms with van der Waals surface area (Å²) in [6.45, 7) is -0.157. The van der Waals surface area contributed by atoms with E-state index in [1.807, 2.05) is 0 Å². The first-order valence-corrected chi connectivity index (χ1v) is 5.23. The Labute approximate surface area is 99.8 Å². The van der Waals surface area contributed by atoms with E-state index in [2.05, 4.69) is 15.3 Å². The lowest BCUT2D eigenvalue weighted by Crippen LogP contribution is -2.26. The second kappa shape index (κ2) is 3.99. The molecule has 0 aliphatic heterocycles. The fourth-order valence-electron chi connectivity index (χ4n) is 1.37. The number of hydrogen-bond acceptors (Lipinski definition) is 4. The summed E-state index contributed by atoms with van der Waals surface area (Å²) in [6, 6.07) is 0.779. The number of halogens is 4. The number of aliphatic hydroxyl groups excluding tert-OH is 1. The van der Waals surface area contributed by atoms with Crippen molar-refractivity contribution in [3.05, 3.63) is 17.0 Å². The van der Waals surface area contributed by atoms with Gasteiger partial charge in [-0.15, -0.1) is 0 Å². The molecule has 1 aromatic rings. The maximum absolute atomic E-state index is 12.5. The molecule has 1 aromatic heterocycles. The molecule has 2 rings (SSSR count). The molecule has 0 saturated heterocycles. The zero-order valence-electron chi connectivity index (χ0n) is 8.55. The summed E-state index contributed by atoms with van der Waals surface area (Å²) >= 11 is 5.42. The Balaban J connectivity index is 2.26. The Hall–Kier alpha value is -1.08. The number of nitrogens with one attached hydrogen (secondary N) is 1. The van der Waals surface area contributed by atoms with Crippen LogP contribution in [0.5, 0.6) is 0 Å². The monoisotopic (exact) mass is 267 g/mol. The lowest BCUT2D eigenvalue weighted by molar-refractivity contribution is -0.141. The fourth-order valence-corrected chi connectivity index (χ4v) is 1.55. The van der Waals surface area contributed by atoms with Gasteiger partial charge in [-0.25, -0.2) is 9.97 Å². The van der Waals surface area contributed by atoms with Crippen molar-refractivity contribution in [3.63, 3.8) is 0 Å². The summed E-state index contributed by atoms with van der Waals surface area (Å²) in [7, 11) is 0.